The van der Waals surface area contributed by atoms with Crippen LogP contribution in [0.15, 0.2) is 0 Å². The first-order valence-corrected chi connectivity index (χ1v) is 7.88. The minimum atomic E-state index is -0.796. The van der Waals surface area contributed by atoms with E-state index in [9.17, 15) is 9.59 Å². The van der Waals surface area contributed by atoms with Crippen LogP contribution < -0.4 is 5.32 Å². The van der Waals surface area contributed by atoms with E-state index >= 15 is 0 Å². The Balaban J connectivity index is 1.80. The number of nitrogens with zero attached hydrogens (tertiary/aromatic N) is 1. The van der Waals surface area contributed by atoms with Gasteiger partial charge in [0.1, 0.15) is 0 Å². The monoisotopic (exact) mass is 286 g/mol. The highest BCUT2D eigenvalue weighted by Gasteiger charge is 2.32. The molecule has 0 bridgehead atoms. The molecule has 2 atom stereocenters. The van der Waals surface area contributed by atoms with Crippen molar-refractivity contribution in [3.63, 3.8) is 0 Å². The van der Waals surface area contributed by atoms with Crippen LogP contribution in [0.5, 0.6) is 0 Å². The van der Waals surface area contributed by atoms with Crippen molar-refractivity contribution in [2.45, 2.75) is 37.4 Å². The second-order valence-electron chi connectivity index (χ2n) is 5.68. The number of urea groups is 1. The fourth-order valence-electron chi connectivity index (χ4n) is 2.71. The number of carbonyl (C=O) groups excluding carboxylic acids is 1. The summed E-state index contributed by atoms with van der Waals surface area (Å²) in [4.78, 5) is 24.7. The maximum atomic E-state index is 12.1. The molecule has 0 saturated carbocycles. The summed E-state index contributed by atoms with van der Waals surface area (Å²) in [5.74, 6) is -0.0382. The van der Waals surface area contributed by atoms with Crippen molar-refractivity contribution in [3.8, 4) is 0 Å². The lowest BCUT2D eigenvalue weighted by Crippen LogP contribution is -2.49. The van der Waals surface area contributed by atoms with Crippen molar-refractivity contribution in [1.29, 1.82) is 0 Å². The standard InChI is InChI=1S/C13H22N2O3S/c1-13(5-3-7-19-13)9-14-12(18)15-6-2-4-10(8-15)11(16)17/h10H,2-9H2,1H3,(H,14,18)(H,16,17). The van der Waals surface area contributed by atoms with Crippen LogP contribution in [0.1, 0.15) is 32.6 Å². The molecule has 5 nitrogen and oxygen atoms in total. The smallest absolute Gasteiger partial charge is 0.317 e. The van der Waals surface area contributed by atoms with E-state index in [1.54, 1.807) is 4.90 Å². The molecule has 0 aromatic rings. The molecule has 0 radical (unpaired) electrons. The number of aliphatic carboxylic acids is 1. The Kier molecular flexibility index (Phi) is 4.60. The maximum Gasteiger partial charge on any atom is 0.317 e. The van der Waals surface area contributed by atoms with Gasteiger partial charge < -0.3 is 15.3 Å². The summed E-state index contributed by atoms with van der Waals surface area (Å²) in [5, 5.41) is 12.0. The Hall–Kier alpha value is -0.910. The zero-order valence-electron chi connectivity index (χ0n) is 11.4. The maximum absolute atomic E-state index is 12.1. The molecule has 2 fully saturated rings. The van der Waals surface area contributed by atoms with Crippen LogP contribution in [0.2, 0.25) is 0 Å². The highest BCUT2D eigenvalue weighted by molar-refractivity contribution is 8.00. The van der Waals surface area contributed by atoms with Crippen LogP contribution in [-0.2, 0) is 4.79 Å². The lowest BCUT2D eigenvalue weighted by atomic mass is 9.99. The number of hydrogen-bond donors (Lipinski definition) is 2. The van der Waals surface area contributed by atoms with Crippen LogP contribution in [0, 0.1) is 5.92 Å². The Bertz CT molecular complexity index is 356. The van der Waals surface area contributed by atoms with E-state index in [4.69, 9.17) is 5.11 Å². The van der Waals surface area contributed by atoms with Gasteiger partial charge in [0.15, 0.2) is 0 Å². The minimum Gasteiger partial charge on any atom is -0.481 e. The normalized spacial score (nSPS) is 31.2. The van der Waals surface area contributed by atoms with Crippen molar-refractivity contribution >= 4 is 23.8 Å². The summed E-state index contributed by atoms with van der Waals surface area (Å²) < 4.78 is 0.150. The Labute approximate surface area is 118 Å². The molecule has 0 aromatic carbocycles. The summed E-state index contributed by atoms with van der Waals surface area (Å²) in [6.07, 6.45) is 3.79. The number of hydrogen-bond acceptors (Lipinski definition) is 3. The van der Waals surface area contributed by atoms with Crippen molar-refractivity contribution in [2.75, 3.05) is 25.4 Å². The van der Waals surface area contributed by atoms with E-state index in [0.29, 0.717) is 26.1 Å². The average molecular weight is 286 g/mol. The second-order valence-corrected chi connectivity index (χ2v) is 7.37. The molecule has 2 heterocycles. The largest absolute Gasteiger partial charge is 0.481 e. The molecule has 0 aromatic heterocycles. The van der Waals surface area contributed by atoms with Crippen molar-refractivity contribution < 1.29 is 14.7 Å². The Morgan fingerprint density at radius 3 is 2.89 bits per heavy atom. The van der Waals surface area contributed by atoms with Gasteiger partial charge in [-0.3, -0.25) is 4.79 Å². The molecule has 2 amide bonds. The molecule has 2 aliphatic rings. The predicted molar refractivity (Wildman–Crippen MR) is 75.4 cm³/mol. The number of carbonyl (C=O) groups is 2. The lowest BCUT2D eigenvalue weighted by molar-refractivity contribution is -0.143. The van der Waals surface area contributed by atoms with E-state index in [1.165, 1.54) is 6.42 Å². The van der Waals surface area contributed by atoms with Gasteiger partial charge in [0, 0.05) is 24.4 Å². The Morgan fingerprint density at radius 2 is 2.26 bits per heavy atom. The topological polar surface area (TPSA) is 69.6 Å². The van der Waals surface area contributed by atoms with Gasteiger partial charge in [-0.1, -0.05) is 0 Å². The number of carboxylic acid groups (broad SMARTS) is 1. The summed E-state index contributed by atoms with van der Waals surface area (Å²) in [6, 6.07) is -0.111. The van der Waals surface area contributed by atoms with Gasteiger partial charge in [-0.2, -0.15) is 11.8 Å². The van der Waals surface area contributed by atoms with Crippen LogP contribution in [0.25, 0.3) is 0 Å². The number of nitrogens with one attached hydrogen (secondary N) is 1. The van der Waals surface area contributed by atoms with Crippen molar-refractivity contribution in [2.24, 2.45) is 5.92 Å². The lowest BCUT2D eigenvalue weighted by Gasteiger charge is -2.32. The fraction of sp³-hybridized carbons (Fsp3) is 0.846. The van der Waals surface area contributed by atoms with Crippen LogP contribution >= 0.6 is 11.8 Å². The van der Waals surface area contributed by atoms with Crippen LogP contribution in [0.4, 0.5) is 4.79 Å². The zero-order valence-corrected chi connectivity index (χ0v) is 12.2. The Morgan fingerprint density at radius 1 is 1.47 bits per heavy atom. The minimum absolute atomic E-state index is 0.111. The zero-order chi connectivity index (χ0) is 13.9. The number of rotatable bonds is 3. The third-order valence-electron chi connectivity index (χ3n) is 3.97. The summed E-state index contributed by atoms with van der Waals surface area (Å²) in [7, 11) is 0. The van der Waals surface area contributed by atoms with Gasteiger partial charge in [-0.25, -0.2) is 4.79 Å². The summed E-state index contributed by atoms with van der Waals surface area (Å²) in [6.45, 7) is 3.86. The number of thioether (sulfide) groups is 1. The third kappa shape index (κ3) is 3.78. The number of amides is 2. The van der Waals surface area contributed by atoms with Gasteiger partial charge in [0.25, 0.3) is 0 Å². The van der Waals surface area contributed by atoms with E-state index in [-0.39, 0.29) is 10.8 Å². The molecule has 2 aliphatic heterocycles. The SMILES string of the molecule is CC1(CNC(=O)N2CCCC(C(=O)O)C2)CCCS1. The second kappa shape index (κ2) is 6.03. The summed E-state index contributed by atoms with van der Waals surface area (Å²) >= 11 is 1.91. The third-order valence-corrected chi connectivity index (χ3v) is 5.51. The number of likely N-dealkylation sites (tertiary alicyclic amines) is 1. The van der Waals surface area contributed by atoms with Crippen LogP contribution in [0.3, 0.4) is 0 Å². The van der Waals surface area contributed by atoms with Gasteiger partial charge in [0.05, 0.1) is 5.92 Å². The van der Waals surface area contributed by atoms with Crippen molar-refractivity contribution in [1.82, 2.24) is 10.2 Å². The first-order valence-electron chi connectivity index (χ1n) is 6.90. The molecule has 0 spiro atoms. The molecule has 2 unspecified atom stereocenters. The van der Waals surface area contributed by atoms with E-state index in [2.05, 4.69) is 12.2 Å². The van der Waals surface area contributed by atoms with Crippen LogP contribution in [-0.4, -0.2) is 52.1 Å². The average Bonchev–Trinajstić information content (AvgIpc) is 2.83. The number of piperidine rings is 1. The van der Waals surface area contributed by atoms with E-state index in [0.717, 1.165) is 18.6 Å². The fourth-order valence-corrected chi connectivity index (χ4v) is 3.96. The predicted octanol–water partition coefficient (Wildman–Crippen LogP) is 1.78. The first kappa shape index (κ1) is 14.5. The molecule has 0 aliphatic carbocycles. The van der Waals surface area contributed by atoms with Gasteiger partial charge in [-0.05, 0) is 38.4 Å². The highest BCUT2D eigenvalue weighted by Crippen LogP contribution is 2.37. The van der Waals surface area contributed by atoms with Gasteiger partial charge >= 0.3 is 12.0 Å². The molecular weight excluding hydrogens is 264 g/mol. The quantitative estimate of drug-likeness (QED) is 0.829. The molecule has 2 rings (SSSR count). The number of carboxylic acids is 1. The molecular formula is C13H22N2O3S. The van der Waals surface area contributed by atoms with Gasteiger partial charge in [0.2, 0.25) is 0 Å². The molecule has 2 saturated heterocycles. The first-order chi connectivity index (χ1) is 9.00. The van der Waals surface area contributed by atoms with E-state index < -0.39 is 11.9 Å². The molecule has 19 heavy (non-hydrogen) atoms. The molecule has 108 valence electrons. The highest BCUT2D eigenvalue weighted by atomic mass is 32.2. The van der Waals surface area contributed by atoms with Crippen molar-refractivity contribution in [3.05, 3.63) is 0 Å². The molecule has 2 N–H and O–H groups in total. The molecule has 6 heteroatoms. The summed E-state index contributed by atoms with van der Waals surface area (Å²) in [5.41, 5.74) is 0. The van der Waals surface area contributed by atoms with Gasteiger partial charge in [-0.15, -0.1) is 0 Å². The van der Waals surface area contributed by atoms with E-state index in [1.807, 2.05) is 11.8 Å².